The Morgan fingerprint density at radius 2 is 1.85 bits per heavy atom. The second kappa shape index (κ2) is 3.09. The summed E-state index contributed by atoms with van der Waals surface area (Å²) in [4.78, 5) is 11.9. The molecule has 0 aliphatic rings. The molecule has 3 nitrogen and oxygen atoms in total. The third-order valence-corrected chi connectivity index (χ3v) is 2.08. The van der Waals surface area contributed by atoms with Crippen LogP contribution in [0.2, 0.25) is 10.4 Å². The van der Waals surface area contributed by atoms with Gasteiger partial charge in [-0.1, -0.05) is 11.6 Å². The van der Waals surface area contributed by atoms with E-state index in [2.05, 4.69) is 15.0 Å². The summed E-state index contributed by atoms with van der Waals surface area (Å²) in [5.41, 5.74) is 1.41. The Kier molecular flexibility index (Phi) is 2.06. The molecule has 0 radical (unpaired) electrons. The molecule has 0 fully saturated rings. The van der Waals surface area contributed by atoms with Crippen molar-refractivity contribution in [2.24, 2.45) is 0 Å². The van der Waals surface area contributed by atoms with E-state index in [-0.39, 0.29) is 5.28 Å². The van der Waals surface area contributed by atoms with Gasteiger partial charge in [0.1, 0.15) is 5.15 Å². The predicted molar refractivity (Wildman–Crippen MR) is 52.1 cm³/mol. The van der Waals surface area contributed by atoms with Gasteiger partial charge in [0, 0.05) is 5.69 Å². The van der Waals surface area contributed by atoms with Crippen molar-refractivity contribution in [1.82, 2.24) is 15.0 Å². The van der Waals surface area contributed by atoms with Crippen molar-refractivity contribution < 1.29 is 0 Å². The van der Waals surface area contributed by atoms with E-state index in [0.717, 1.165) is 11.1 Å². The number of hydrogen-bond donors (Lipinski definition) is 0. The maximum absolute atomic E-state index is 5.84. The van der Waals surface area contributed by atoms with E-state index in [0.29, 0.717) is 10.8 Å². The fourth-order valence-corrected chi connectivity index (χ4v) is 1.48. The van der Waals surface area contributed by atoms with Crippen LogP contribution in [0.3, 0.4) is 0 Å². The molecule has 0 unspecified atom stereocenters. The molecule has 0 aromatic carbocycles. The molecule has 0 bridgehead atoms. The van der Waals surface area contributed by atoms with E-state index in [1.54, 1.807) is 0 Å². The first-order valence-corrected chi connectivity index (χ1v) is 4.39. The highest BCUT2D eigenvalue weighted by molar-refractivity contribution is 6.35. The number of hydrogen-bond acceptors (Lipinski definition) is 3. The van der Waals surface area contributed by atoms with Crippen LogP contribution < -0.4 is 0 Å². The maximum atomic E-state index is 5.84. The summed E-state index contributed by atoms with van der Waals surface area (Å²) < 4.78 is 0. The minimum Gasteiger partial charge on any atom is -0.233 e. The smallest absolute Gasteiger partial charge is 0.225 e. The summed E-state index contributed by atoms with van der Waals surface area (Å²) in [6.07, 6.45) is 0. The van der Waals surface area contributed by atoms with Gasteiger partial charge in [0.25, 0.3) is 0 Å². The number of aryl methyl sites for hydroxylation is 1. The molecule has 0 saturated heterocycles. The number of fused-ring (bicyclic) bond motifs is 1. The van der Waals surface area contributed by atoms with Gasteiger partial charge >= 0.3 is 0 Å². The average molecular weight is 214 g/mol. The van der Waals surface area contributed by atoms with Gasteiger partial charge in [-0.25, -0.2) is 9.97 Å². The summed E-state index contributed by atoms with van der Waals surface area (Å²) in [6, 6.07) is 3.68. The third kappa shape index (κ3) is 1.57. The third-order valence-electron chi connectivity index (χ3n) is 1.63. The number of halogens is 2. The zero-order valence-electron chi connectivity index (χ0n) is 6.75. The molecule has 66 valence electrons. The summed E-state index contributed by atoms with van der Waals surface area (Å²) in [5.74, 6) is 0. The van der Waals surface area contributed by atoms with Crippen molar-refractivity contribution in [3.63, 3.8) is 0 Å². The predicted octanol–water partition coefficient (Wildman–Crippen LogP) is 2.64. The van der Waals surface area contributed by atoms with Crippen molar-refractivity contribution >= 4 is 34.2 Å². The van der Waals surface area contributed by atoms with Crippen LogP contribution in [-0.4, -0.2) is 15.0 Å². The van der Waals surface area contributed by atoms with E-state index in [1.807, 2.05) is 19.1 Å². The Morgan fingerprint density at radius 1 is 1.08 bits per heavy atom. The molecule has 0 amide bonds. The molecular formula is C8H5Cl2N3. The van der Waals surface area contributed by atoms with Gasteiger partial charge in [0.15, 0.2) is 5.65 Å². The molecule has 2 rings (SSSR count). The first kappa shape index (κ1) is 8.66. The summed E-state index contributed by atoms with van der Waals surface area (Å²) in [6.45, 7) is 1.88. The van der Waals surface area contributed by atoms with Crippen molar-refractivity contribution in [2.45, 2.75) is 6.92 Å². The Balaban J connectivity index is 2.86. The lowest BCUT2D eigenvalue weighted by atomic mass is 10.3. The van der Waals surface area contributed by atoms with Crippen LogP contribution in [0.25, 0.3) is 11.0 Å². The summed E-state index contributed by atoms with van der Waals surface area (Å²) in [5, 5.41) is 1.18. The molecule has 0 N–H and O–H groups in total. The van der Waals surface area contributed by atoms with Gasteiger partial charge in [-0.3, -0.25) is 0 Å². The van der Waals surface area contributed by atoms with Gasteiger partial charge in [0.2, 0.25) is 5.28 Å². The second-order valence-corrected chi connectivity index (χ2v) is 3.30. The average Bonchev–Trinajstić information content (AvgIpc) is 2.02. The maximum Gasteiger partial charge on any atom is 0.225 e. The standard InChI is InChI=1S/C8H5Cl2N3/c1-4-2-3-5-6(9)12-8(10)13-7(5)11-4/h2-3H,1H3. The molecule has 0 aliphatic heterocycles. The second-order valence-electron chi connectivity index (χ2n) is 2.61. The van der Waals surface area contributed by atoms with Gasteiger partial charge in [-0.15, -0.1) is 0 Å². The van der Waals surface area contributed by atoms with E-state index in [9.17, 15) is 0 Å². The van der Waals surface area contributed by atoms with Gasteiger partial charge in [-0.05, 0) is 30.7 Å². The van der Waals surface area contributed by atoms with Crippen LogP contribution in [-0.2, 0) is 0 Å². The van der Waals surface area contributed by atoms with Crippen LogP contribution >= 0.6 is 23.2 Å². The Morgan fingerprint density at radius 3 is 2.62 bits per heavy atom. The van der Waals surface area contributed by atoms with Crippen LogP contribution in [0, 0.1) is 6.92 Å². The largest absolute Gasteiger partial charge is 0.233 e. The highest BCUT2D eigenvalue weighted by atomic mass is 35.5. The van der Waals surface area contributed by atoms with Crippen LogP contribution in [0.5, 0.6) is 0 Å². The minimum absolute atomic E-state index is 0.121. The minimum atomic E-state index is 0.121. The molecule has 13 heavy (non-hydrogen) atoms. The van der Waals surface area contributed by atoms with Crippen molar-refractivity contribution in [2.75, 3.05) is 0 Å². The zero-order chi connectivity index (χ0) is 9.42. The normalized spacial score (nSPS) is 10.7. The number of nitrogens with zero attached hydrogens (tertiary/aromatic N) is 3. The van der Waals surface area contributed by atoms with E-state index in [4.69, 9.17) is 23.2 Å². The lowest BCUT2D eigenvalue weighted by Gasteiger charge is -1.99. The number of rotatable bonds is 0. The monoisotopic (exact) mass is 213 g/mol. The van der Waals surface area contributed by atoms with Crippen molar-refractivity contribution in [3.05, 3.63) is 28.3 Å². The molecule has 5 heteroatoms. The Hall–Kier alpha value is -0.930. The highest BCUT2D eigenvalue weighted by Crippen LogP contribution is 2.20. The molecular weight excluding hydrogens is 209 g/mol. The molecule has 0 saturated carbocycles. The van der Waals surface area contributed by atoms with Gasteiger partial charge in [-0.2, -0.15) is 4.98 Å². The quantitative estimate of drug-likeness (QED) is 0.499. The van der Waals surface area contributed by atoms with E-state index in [1.165, 1.54) is 0 Å². The van der Waals surface area contributed by atoms with E-state index >= 15 is 0 Å². The molecule has 0 aliphatic carbocycles. The Bertz CT molecular complexity index is 465. The van der Waals surface area contributed by atoms with Crippen molar-refractivity contribution in [3.8, 4) is 0 Å². The molecule has 2 heterocycles. The van der Waals surface area contributed by atoms with Crippen LogP contribution in [0.1, 0.15) is 5.69 Å². The van der Waals surface area contributed by atoms with Gasteiger partial charge in [0.05, 0.1) is 5.39 Å². The Labute approximate surface area is 84.7 Å². The molecule has 0 spiro atoms. The first-order valence-electron chi connectivity index (χ1n) is 3.63. The van der Waals surface area contributed by atoms with Crippen molar-refractivity contribution in [1.29, 1.82) is 0 Å². The SMILES string of the molecule is Cc1ccc2c(Cl)nc(Cl)nc2n1. The van der Waals surface area contributed by atoms with Crippen LogP contribution in [0.15, 0.2) is 12.1 Å². The lowest BCUT2D eigenvalue weighted by molar-refractivity contribution is 1.15. The number of aromatic nitrogens is 3. The number of pyridine rings is 1. The highest BCUT2D eigenvalue weighted by Gasteiger charge is 2.04. The molecule has 2 aromatic heterocycles. The molecule has 2 aromatic rings. The fraction of sp³-hybridized carbons (Fsp3) is 0.125. The summed E-state index contributed by atoms with van der Waals surface area (Å²) >= 11 is 11.5. The fourth-order valence-electron chi connectivity index (χ4n) is 1.04. The first-order chi connectivity index (χ1) is 6.16. The van der Waals surface area contributed by atoms with Crippen LogP contribution in [0.4, 0.5) is 0 Å². The van der Waals surface area contributed by atoms with Gasteiger partial charge < -0.3 is 0 Å². The van der Waals surface area contributed by atoms with E-state index < -0.39 is 0 Å². The molecule has 0 atom stereocenters. The lowest BCUT2D eigenvalue weighted by Crippen LogP contribution is -1.90. The zero-order valence-corrected chi connectivity index (χ0v) is 8.26. The topological polar surface area (TPSA) is 38.7 Å². The summed E-state index contributed by atoms with van der Waals surface area (Å²) in [7, 11) is 0.